The summed E-state index contributed by atoms with van der Waals surface area (Å²) in [6, 6.07) is 9.10. The van der Waals surface area contributed by atoms with Crippen molar-refractivity contribution in [3.63, 3.8) is 0 Å². The number of rotatable bonds is 3. The molecule has 0 radical (unpaired) electrons. The molecule has 1 aliphatic rings. The minimum atomic E-state index is 0. The molecule has 1 N–H and O–H groups in total. The van der Waals surface area contributed by atoms with E-state index in [4.69, 9.17) is 0 Å². The summed E-state index contributed by atoms with van der Waals surface area (Å²) in [5.74, 6) is 0. The fourth-order valence-electron chi connectivity index (χ4n) is 1.86. The van der Waals surface area contributed by atoms with Gasteiger partial charge < -0.3 is 10.2 Å². The van der Waals surface area contributed by atoms with Gasteiger partial charge >= 0.3 is 0 Å². The van der Waals surface area contributed by atoms with Crippen LogP contribution >= 0.6 is 0 Å². The molecule has 3 heteroatoms. The zero-order chi connectivity index (χ0) is 11.4. The summed E-state index contributed by atoms with van der Waals surface area (Å²) in [5.41, 5.74) is 2.55. The predicted molar refractivity (Wildman–Crippen MR) is 71.4 cm³/mol. The van der Waals surface area contributed by atoms with Crippen molar-refractivity contribution in [2.24, 2.45) is 4.99 Å². The van der Waals surface area contributed by atoms with Crippen molar-refractivity contribution in [1.82, 2.24) is 5.32 Å². The van der Waals surface area contributed by atoms with Gasteiger partial charge in [-0.1, -0.05) is 12.1 Å². The predicted octanol–water partition coefficient (Wildman–Crippen LogP) is 2.45. The summed E-state index contributed by atoms with van der Waals surface area (Å²) in [5, 5.41) is 3.24. The number of nitrogens with zero attached hydrogens (tertiary/aromatic N) is 2. The molecule has 0 fully saturated rings. The largest absolute Gasteiger partial charge is 0.333 e. The minimum Gasteiger partial charge on any atom is -0.333 e. The van der Waals surface area contributed by atoms with Gasteiger partial charge in [-0.2, -0.15) is 0 Å². The molecule has 1 aromatic carbocycles. The normalized spacial score (nSPS) is 17.5. The van der Waals surface area contributed by atoms with Gasteiger partial charge in [-0.15, -0.1) is 0 Å². The van der Waals surface area contributed by atoms with Crippen LogP contribution in [0.5, 0.6) is 0 Å². The molecule has 1 aliphatic heterocycles. The number of nitrogens with one attached hydrogen (secondary N) is 1. The number of anilines is 1. The van der Waals surface area contributed by atoms with Gasteiger partial charge in [0.25, 0.3) is 0 Å². The maximum Gasteiger partial charge on any atom is 0.0894 e. The average Bonchev–Trinajstić information content (AvgIpc) is 2.39. The monoisotopic (exact) mass is 219 g/mol. The minimum absolute atomic E-state index is 0. The number of aliphatic imine (C=N–C) groups is 1. The molecule has 0 saturated carbocycles. The molecular formula is C13H21N3. The molecular weight excluding hydrogens is 198 g/mol. The number of hydrogen-bond acceptors (Lipinski definition) is 3. The van der Waals surface area contributed by atoms with Crippen LogP contribution in [0.3, 0.4) is 0 Å². The highest BCUT2D eigenvalue weighted by Crippen LogP contribution is 2.19. The molecule has 3 nitrogen and oxygen atoms in total. The van der Waals surface area contributed by atoms with Gasteiger partial charge in [0.05, 0.1) is 6.34 Å². The molecule has 88 valence electrons. The molecule has 1 atom stereocenters. The Labute approximate surface area is 98.7 Å². The Morgan fingerprint density at radius 3 is 2.69 bits per heavy atom. The third-order valence-corrected chi connectivity index (χ3v) is 3.07. The van der Waals surface area contributed by atoms with Crippen LogP contribution in [0.1, 0.15) is 26.4 Å². The lowest BCUT2D eigenvalue weighted by Gasteiger charge is -2.23. The Balaban J connectivity index is 0.00000144. The van der Waals surface area contributed by atoms with E-state index < -0.39 is 0 Å². The van der Waals surface area contributed by atoms with Crippen LogP contribution in [-0.4, -0.2) is 26.5 Å². The second-order valence-electron chi connectivity index (χ2n) is 4.17. The third kappa shape index (κ3) is 2.42. The molecule has 0 bridgehead atoms. The summed E-state index contributed by atoms with van der Waals surface area (Å²) in [4.78, 5) is 6.50. The Bertz CT molecular complexity index is 361. The second kappa shape index (κ2) is 5.12. The van der Waals surface area contributed by atoms with Crippen molar-refractivity contribution in [3.05, 3.63) is 29.8 Å². The van der Waals surface area contributed by atoms with Crippen LogP contribution in [-0.2, 0) is 0 Å². The molecule has 0 aromatic heterocycles. The van der Waals surface area contributed by atoms with E-state index in [1.165, 1.54) is 11.3 Å². The molecule has 16 heavy (non-hydrogen) atoms. The van der Waals surface area contributed by atoms with Crippen molar-refractivity contribution >= 4 is 12.0 Å². The van der Waals surface area contributed by atoms with Crippen LogP contribution in [0, 0.1) is 0 Å². The Morgan fingerprint density at radius 2 is 2.12 bits per heavy atom. The summed E-state index contributed by atoms with van der Waals surface area (Å²) in [7, 11) is 1.98. The van der Waals surface area contributed by atoms with E-state index in [1.807, 2.05) is 13.4 Å². The zero-order valence-corrected chi connectivity index (χ0v) is 9.98. The quantitative estimate of drug-likeness (QED) is 0.845. The first-order chi connectivity index (χ1) is 7.81. The molecule has 1 heterocycles. The van der Waals surface area contributed by atoms with Crippen LogP contribution in [0.15, 0.2) is 29.3 Å². The fourth-order valence-corrected chi connectivity index (χ4v) is 1.86. The number of hydrogen-bond donors (Lipinski definition) is 1. The Morgan fingerprint density at radius 1 is 1.38 bits per heavy atom. The van der Waals surface area contributed by atoms with Crippen molar-refractivity contribution < 1.29 is 1.43 Å². The van der Waals surface area contributed by atoms with E-state index in [-0.39, 0.29) is 1.43 Å². The van der Waals surface area contributed by atoms with Crippen LogP contribution < -0.4 is 10.2 Å². The lowest BCUT2D eigenvalue weighted by atomic mass is 10.1. The highest BCUT2D eigenvalue weighted by molar-refractivity contribution is 5.79. The second-order valence-corrected chi connectivity index (χ2v) is 4.17. The van der Waals surface area contributed by atoms with Gasteiger partial charge in [0.2, 0.25) is 0 Å². The molecule has 1 unspecified atom stereocenters. The van der Waals surface area contributed by atoms with Gasteiger partial charge in [0.15, 0.2) is 0 Å². The maximum atomic E-state index is 4.30. The van der Waals surface area contributed by atoms with E-state index in [1.54, 1.807) is 0 Å². The van der Waals surface area contributed by atoms with Crippen molar-refractivity contribution in [2.75, 3.05) is 25.0 Å². The first kappa shape index (κ1) is 11.1. The SMILES string of the molecule is CNC(C)c1ccc(N2C=NCCC2)cc1.[HH]. The summed E-state index contributed by atoms with van der Waals surface area (Å²) >= 11 is 0. The highest BCUT2D eigenvalue weighted by Gasteiger charge is 2.08. The zero-order valence-electron chi connectivity index (χ0n) is 9.98. The van der Waals surface area contributed by atoms with Crippen LogP contribution in [0.25, 0.3) is 0 Å². The van der Waals surface area contributed by atoms with Gasteiger partial charge in [-0.3, -0.25) is 4.99 Å². The van der Waals surface area contributed by atoms with Gasteiger partial charge in [-0.25, -0.2) is 0 Å². The van der Waals surface area contributed by atoms with Crippen molar-refractivity contribution in [2.45, 2.75) is 19.4 Å². The first-order valence-corrected chi connectivity index (χ1v) is 5.85. The molecule has 0 amide bonds. The smallest absolute Gasteiger partial charge is 0.0894 e. The van der Waals surface area contributed by atoms with Gasteiger partial charge in [0, 0.05) is 26.2 Å². The van der Waals surface area contributed by atoms with E-state index in [0.717, 1.165) is 19.5 Å². The van der Waals surface area contributed by atoms with E-state index in [2.05, 4.69) is 46.4 Å². The van der Waals surface area contributed by atoms with Crippen molar-refractivity contribution in [1.29, 1.82) is 0 Å². The maximum absolute atomic E-state index is 4.30. The molecule has 0 saturated heterocycles. The van der Waals surface area contributed by atoms with E-state index in [0.29, 0.717) is 6.04 Å². The Hall–Kier alpha value is -1.35. The van der Waals surface area contributed by atoms with Crippen LogP contribution in [0.4, 0.5) is 5.69 Å². The Kier molecular flexibility index (Phi) is 3.57. The van der Waals surface area contributed by atoms with Gasteiger partial charge in [0.1, 0.15) is 0 Å². The molecule has 0 spiro atoms. The standard InChI is InChI=1S/C13H19N3.H2/c1-11(14-2)12-4-6-13(7-5-12)16-9-3-8-15-10-16;/h4-7,10-11,14H,3,8-9H2,1-2H3;1H. The van der Waals surface area contributed by atoms with Crippen LogP contribution in [0.2, 0.25) is 0 Å². The lowest BCUT2D eigenvalue weighted by Crippen LogP contribution is -2.26. The van der Waals surface area contributed by atoms with E-state index >= 15 is 0 Å². The van der Waals surface area contributed by atoms with Gasteiger partial charge in [-0.05, 0) is 38.1 Å². The lowest BCUT2D eigenvalue weighted by molar-refractivity contribution is 0.652. The third-order valence-electron chi connectivity index (χ3n) is 3.07. The summed E-state index contributed by atoms with van der Waals surface area (Å²) < 4.78 is 0. The summed E-state index contributed by atoms with van der Waals surface area (Å²) in [6.07, 6.45) is 3.09. The molecule has 1 aromatic rings. The first-order valence-electron chi connectivity index (χ1n) is 5.85. The average molecular weight is 219 g/mol. The number of benzene rings is 1. The van der Waals surface area contributed by atoms with E-state index in [9.17, 15) is 0 Å². The topological polar surface area (TPSA) is 27.6 Å². The summed E-state index contributed by atoms with van der Waals surface area (Å²) in [6.45, 7) is 4.20. The molecule has 2 rings (SSSR count). The van der Waals surface area contributed by atoms with Crippen molar-refractivity contribution in [3.8, 4) is 0 Å². The highest BCUT2D eigenvalue weighted by atomic mass is 15.2. The molecule has 0 aliphatic carbocycles. The fraction of sp³-hybridized carbons (Fsp3) is 0.462.